The van der Waals surface area contributed by atoms with Crippen molar-refractivity contribution in [1.82, 2.24) is 10.6 Å². The summed E-state index contributed by atoms with van der Waals surface area (Å²) in [7, 11) is 0. The fourth-order valence-corrected chi connectivity index (χ4v) is 2.73. The maximum absolute atomic E-state index is 11.8. The zero-order valence-electron chi connectivity index (χ0n) is 10.5. The summed E-state index contributed by atoms with van der Waals surface area (Å²) in [6, 6.07) is 1.12. The third-order valence-electron chi connectivity index (χ3n) is 4.01. The van der Waals surface area contributed by atoms with Crippen LogP contribution in [0.2, 0.25) is 0 Å². The second kappa shape index (κ2) is 5.17. The summed E-state index contributed by atoms with van der Waals surface area (Å²) in [4.78, 5) is 11.8. The van der Waals surface area contributed by atoms with Crippen molar-refractivity contribution in [2.24, 2.45) is 11.8 Å². The molecule has 3 nitrogen and oxygen atoms in total. The molecule has 2 N–H and O–H groups in total. The van der Waals surface area contributed by atoms with E-state index >= 15 is 0 Å². The number of carbonyl (C=O) groups excluding carboxylic acids is 1. The Kier molecular flexibility index (Phi) is 3.85. The van der Waals surface area contributed by atoms with E-state index in [2.05, 4.69) is 24.5 Å². The van der Waals surface area contributed by atoms with E-state index in [1.807, 2.05) is 0 Å². The van der Waals surface area contributed by atoms with E-state index in [0.717, 1.165) is 25.8 Å². The maximum Gasteiger partial charge on any atom is 0.223 e. The topological polar surface area (TPSA) is 41.1 Å². The molecule has 1 amide bonds. The van der Waals surface area contributed by atoms with E-state index in [0.29, 0.717) is 29.8 Å². The molecule has 92 valence electrons. The molecule has 0 radical (unpaired) electrons. The summed E-state index contributed by atoms with van der Waals surface area (Å²) in [5.41, 5.74) is 0. The molecule has 0 aromatic carbocycles. The summed E-state index contributed by atoms with van der Waals surface area (Å²) in [6.07, 6.45) is 5.80. The Morgan fingerprint density at radius 2 is 1.75 bits per heavy atom. The fourth-order valence-electron chi connectivity index (χ4n) is 2.73. The summed E-state index contributed by atoms with van der Waals surface area (Å²) in [5, 5.41) is 6.69. The number of rotatable bonds is 4. The van der Waals surface area contributed by atoms with E-state index in [4.69, 9.17) is 0 Å². The van der Waals surface area contributed by atoms with Crippen LogP contribution in [0.4, 0.5) is 0 Å². The van der Waals surface area contributed by atoms with Gasteiger partial charge in [0.1, 0.15) is 0 Å². The van der Waals surface area contributed by atoms with Crippen LogP contribution in [0, 0.1) is 11.8 Å². The van der Waals surface area contributed by atoms with Gasteiger partial charge >= 0.3 is 0 Å². The van der Waals surface area contributed by atoms with Crippen LogP contribution in [0.25, 0.3) is 0 Å². The average molecular weight is 224 g/mol. The van der Waals surface area contributed by atoms with Crippen LogP contribution in [0.5, 0.6) is 0 Å². The first-order valence-corrected chi connectivity index (χ1v) is 6.74. The first-order valence-electron chi connectivity index (χ1n) is 6.74. The van der Waals surface area contributed by atoms with Crippen LogP contribution in [0.15, 0.2) is 0 Å². The molecule has 0 aromatic rings. The van der Waals surface area contributed by atoms with E-state index < -0.39 is 0 Å². The third kappa shape index (κ3) is 2.97. The Morgan fingerprint density at radius 1 is 1.19 bits per heavy atom. The highest BCUT2D eigenvalue weighted by atomic mass is 16.2. The number of amides is 1. The zero-order valence-corrected chi connectivity index (χ0v) is 10.5. The van der Waals surface area contributed by atoms with Crippen molar-refractivity contribution in [2.75, 3.05) is 6.54 Å². The lowest BCUT2D eigenvalue weighted by molar-refractivity contribution is -0.123. The molecule has 2 aliphatic rings. The van der Waals surface area contributed by atoms with Crippen molar-refractivity contribution in [2.45, 2.75) is 58.0 Å². The fraction of sp³-hybridized carbons (Fsp3) is 0.923. The van der Waals surface area contributed by atoms with Crippen LogP contribution in [0.1, 0.15) is 46.0 Å². The lowest BCUT2D eigenvalue weighted by Crippen LogP contribution is -2.42. The first kappa shape index (κ1) is 11.9. The Morgan fingerprint density at radius 3 is 2.25 bits per heavy atom. The van der Waals surface area contributed by atoms with Gasteiger partial charge < -0.3 is 10.6 Å². The Balaban J connectivity index is 1.67. The molecular formula is C13H24N2O. The normalized spacial score (nSPS) is 38.1. The number of nitrogens with one attached hydrogen (secondary N) is 2. The zero-order chi connectivity index (χ0) is 11.5. The molecule has 2 fully saturated rings. The molecular weight excluding hydrogens is 200 g/mol. The molecule has 0 spiro atoms. The SMILES string of the molecule is CCNC1CCC(NC(=O)C2CC2C)CC1. The van der Waals surface area contributed by atoms with Crippen molar-refractivity contribution in [3.05, 3.63) is 0 Å². The predicted molar refractivity (Wildman–Crippen MR) is 65.1 cm³/mol. The Bertz CT molecular complexity index is 246. The van der Waals surface area contributed by atoms with E-state index in [9.17, 15) is 4.79 Å². The van der Waals surface area contributed by atoms with E-state index in [1.54, 1.807) is 0 Å². The van der Waals surface area contributed by atoms with E-state index in [-0.39, 0.29) is 0 Å². The minimum atomic E-state index is 0.305. The van der Waals surface area contributed by atoms with Gasteiger partial charge in [0.25, 0.3) is 0 Å². The monoisotopic (exact) mass is 224 g/mol. The molecule has 0 bridgehead atoms. The lowest BCUT2D eigenvalue weighted by atomic mass is 9.91. The standard InChI is InChI=1S/C13H24N2O/c1-3-14-10-4-6-11(7-5-10)15-13(16)12-8-9(12)2/h9-12,14H,3-8H2,1-2H3,(H,15,16). The van der Waals surface area contributed by atoms with Crippen LogP contribution in [-0.2, 0) is 4.79 Å². The van der Waals surface area contributed by atoms with Gasteiger partial charge in [0, 0.05) is 18.0 Å². The third-order valence-corrected chi connectivity index (χ3v) is 4.01. The summed E-state index contributed by atoms with van der Waals surface area (Å²) in [5.74, 6) is 1.25. The molecule has 2 aliphatic carbocycles. The minimum absolute atomic E-state index is 0.305. The Hall–Kier alpha value is -0.570. The molecule has 2 atom stereocenters. The van der Waals surface area contributed by atoms with Gasteiger partial charge in [0.05, 0.1) is 0 Å². The molecule has 0 aliphatic heterocycles. The molecule has 2 rings (SSSR count). The molecule has 2 saturated carbocycles. The van der Waals surface area contributed by atoms with Crippen molar-refractivity contribution < 1.29 is 4.79 Å². The second-order valence-corrected chi connectivity index (χ2v) is 5.43. The molecule has 0 heterocycles. The molecule has 16 heavy (non-hydrogen) atoms. The van der Waals surface area contributed by atoms with Crippen LogP contribution in [-0.4, -0.2) is 24.5 Å². The van der Waals surface area contributed by atoms with Crippen molar-refractivity contribution in [3.8, 4) is 0 Å². The molecule has 0 saturated heterocycles. The smallest absolute Gasteiger partial charge is 0.223 e. The minimum Gasteiger partial charge on any atom is -0.353 e. The molecule has 3 heteroatoms. The van der Waals surface area contributed by atoms with Crippen molar-refractivity contribution in [1.29, 1.82) is 0 Å². The summed E-state index contributed by atoms with van der Waals surface area (Å²) in [6.45, 7) is 5.37. The van der Waals surface area contributed by atoms with Gasteiger partial charge in [-0.15, -0.1) is 0 Å². The number of hydrogen-bond acceptors (Lipinski definition) is 2. The number of hydrogen-bond donors (Lipinski definition) is 2. The summed E-state index contributed by atoms with van der Waals surface area (Å²) < 4.78 is 0. The second-order valence-electron chi connectivity index (χ2n) is 5.43. The highest BCUT2D eigenvalue weighted by Gasteiger charge is 2.39. The summed E-state index contributed by atoms with van der Waals surface area (Å²) >= 11 is 0. The van der Waals surface area contributed by atoms with Crippen molar-refractivity contribution >= 4 is 5.91 Å². The molecule has 2 unspecified atom stereocenters. The highest BCUT2D eigenvalue weighted by Crippen LogP contribution is 2.38. The van der Waals surface area contributed by atoms with E-state index in [1.165, 1.54) is 12.8 Å². The lowest BCUT2D eigenvalue weighted by Gasteiger charge is -2.29. The van der Waals surface area contributed by atoms with Gasteiger partial charge in [-0.1, -0.05) is 13.8 Å². The predicted octanol–water partition coefficient (Wildman–Crippen LogP) is 1.68. The van der Waals surface area contributed by atoms with Gasteiger partial charge in [-0.3, -0.25) is 4.79 Å². The maximum atomic E-state index is 11.8. The quantitative estimate of drug-likeness (QED) is 0.763. The van der Waals surface area contributed by atoms with Crippen molar-refractivity contribution in [3.63, 3.8) is 0 Å². The number of carbonyl (C=O) groups is 1. The Labute approximate surface area is 98.4 Å². The van der Waals surface area contributed by atoms with Crippen LogP contribution < -0.4 is 10.6 Å². The van der Waals surface area contributed by atoms with Crippen LogP contribution >= 0.6 is 0 Å². The van der Waals surface area contributed by atoms with Gasteiger partial charge in [0.2, 0.25) is 5.91 Å². The van der Waals surface area contributed by atoms with Gasteiger partial charge in [-0.05, 0) is 44.6 Å². The average Bonchev–Trinajstić information content (AvgIpc) is 2.99. The van der Waals surface area contributed by atoms with Gasteiger partial charge in [-0.2, -0.15) is 0 Å². The largest absolute Gasteiger partial charge is 0.353 e. The van der Waals surface area contributed by atoms with Crippen LogP contribution in [0.3, 0.4) is 0 Å². The molecule has 0 aromatic heterocycles. The van der Waals surface area contributed by atoms with Gasteiger partial charge in [0.15, 0.2) is 0 Å². The van der Waals surface area contributed by atoms with Gasteiger partial charge in [-0.25, -0.2) is 0 Å². The first-order chi connectivity index (χ1) is 7.70. The highest BCUT2D eigenvalue weighted by molar-refractivity contribution is 5.81.